The van der Waals surface area contributed by atoms with Gasteiger partial charge in [-0.05, 0) is 25.3 Å². The lowest BCUT2D eigenvalue weighted by molar-refractivity contribution is -0.143. The minimum Gasteiger partial charge on any atom is -0.481 e. The summed E-state index contributed by atoms with van der Waals surface area (Å²) < 4.78 is 1.73. The third-order valence-electron chi connectivity index (χ3n) is 3.82. The summed E-state index contributed by atoms with van der Waals surface area (Å²) in [7, 11) is 1.83. The zero-order valence-electron chi connectivity index (χ0n) is 12.7. The number of rotatable bonds is 3. The standard InChI is InChI=1S/C14H22N4O3/c1-9-4-11(13(19)20)8-18(7-9)14(21)15-6-12-5-10(2)16-17(12)3/h5,9,11H,4,6-8H2,1-3H3,(H,15,21)(H,19,20). The van der Waals surface area contributed by atoms with E-state index < -0.39 is 11.9 Å². The number of aliphatic carboxylic acids is 1. The fourth-order valence-electron chi connectivity index (χ4n) is 2.80. The van der Waals surface area contributed by atoms with Crippen LogP contribution >= 0.6 is 0 Å². The van der Waals surface area contributed by atoms with Gasteiger partial charge in [-0.3, -0.25) is 9.48 Å². The van der Waals surface area contributed by atoms with Gasteiger partial charge >= 0.3 is 12.0 Å². The third-order valence-corrected chi connectivity index (χ3v) is 3.82. The second-order valence-electron chi connectivity index (χ2n) is 5.84. The maximum atomic E-state index is 12.2. The van der Waals surface area contributed by atoms with Crippen LogP contribution in [-0.2, 0) is 18.4 Å². The molecule has 7 heteroatoms. The topological polar surface area (TPSA) is 87.5 Å². The van der Waals surface area contributed by atoms with Crippen LogP contribution in [0.3, 0.4) is 0 Å². The van der Waals surface area contributed by atoms with E-state index in [2.05, 4.69) is 10.4 Å². The van der Waals surface area contributed by atoms with Gasteiger partial charge in [0.1, 0.15) is 0 Å². The highest BCUT2D eigenvalue weighted by molar-refractivity contribution is 5.76. The minimum absolute atomic E-state index is 0.199. The van der Waals surface area contributed by atoms with E-state index in [-0.39, 0.29) is 18.5 Å². The Bertz CT molecular complexity index is 540. The van der Waals surface area contributed by atoms with E-state index in [4.69, 9.17) is 5.11 Å². The van der Waals surface area contributed by atoms with Crippen molar-refractivity contribution in [1.29, 1.82) is 0 Å². The molecule has 2 heterocycles. The molecule has 2 atom stereocenters. The summed E-state index contributed by atoms with van der Waals surface area (Å²) >= 11 is 0. The van der Waals surface area contributed by atoms with Gasteiger partial charge in [0.25, 0.3) is 0 Å². The molecule has 1 aromatic heterocycles. The molecule has 2 rings (SSSR count). The summed E-state index contributed by atoms with van der Waals surface area (Å²) in [5.41, 5.74) is 1.82. The molecule has 0 aliphatic carbocycles. The Morgan fingerprint density at radius 2 is 2.19 bits per heavy atom. The van der Waals surface area contributed by atoms with Gasteiger partial charge in [-0.1, -0.05) is 6.92 Å². The van der Waals surface area contributed by atoms with Crippen LogP contribution in [0.2, 0.25) is 0 Å². The number of amides is 2. The number of carboxylic acids is 1. The number of aromatic nitrogens is 2. The molecule has 21 heavy (non-hydrogen) atoms. The van der Waals surface area contributed by atoms with Gasteiger partial charge in [0.15, 0.2) is 0 Å². The van der Waals surface area contributed by atoms with Gasteiger partial charge in [-0.2, -0.15) is 5.10 Å². The predicted molar refractivity (Wildman–Crippen MR) is 76.7 cm³/mol. The van der Waals surface area contributed by atoms with E-state index in [9.17, 15) is 9.59 Å². The maximum Gasteiger partial charge on any atom is 0.317 e. The molecule has 0 aromatic carbocycles. The minimum atomic E-state index is -0.832. The fourth-order valence-corrected chi connectivity index (χ4v) is 2.80. The molecule has 1 aromatic rings. The Balaban J connectivity index is 1.93. The van der Waals surface area contributed by atoms with Gasteiger partial charge < -0.3 is 15.3 Å². The molecule has 2 N–H and O–H groups in total. The van der Waals surface area contributed by atoms with E-state index in [1.807, 2.05) is 27.0 Å². The average Bonchev–Trinajstić information content (AvgIpc) is 2.73. The molecule has 1 fully saturated rings. The number of carbonyl (C=O) groups excluding carboxylic acids is 1. The molecule has 1 saturated heterocycles. The lowest BCUT2D eigenvalue weighted by atomic mass is 9.91. The molecule has 7 nitrogen and oxygen atoms in total. The van der Waals surface area contributed by atoms with Gasteiger partial charge in [-0.15, -0.1) is 0 Å². The number of nitrogens with zero attached hydrogens (tertiary/aromatic N) is 3. The highest BCUT2D eigenvalue weighted by atomic mass is 16.4. The summed E-state index contributed by atoms with van der Waals surface area (Å²) in [6, 6.07) is 1.70. The van der Waals surface area contributed by atoms with Crippen molar-refractivity contribution in [2.75, 3.05) is 13.1 Å². The third kappa shape index (κ3) is 3.74. The van der Waals surface area contributed by atoms with Crippen molar-refractivity contribution in [2.24, 2.45) is 18.9 Å². The fraction of sp³-hybridized carbons (Fsp3) is 0.643. The molecule has 2 unspecified atom stereocenters. The molecule has 0 spiro atoms. The first kappa shape index (κ1) is 15.3. The van der Waals surface area contributed by atoms with Crippen molar-refractivity contribution >= 4 is 12.0 Å². The maximum absolute atomic E-state index is 12.2. The second-order valence-corrected chi connectivity index (χ2v) is 5.84. The first-order valence-electron chi connectivity index (χ1n) is 7.12. The predicted octanol–water partition coefficient (Wildman–Crippen LogP) is 0.981. The van der Waals surface area contributed by atoms with Crippen LogP contribution in [-0.4, -0.2) is 44.9 Å². The largest absolute Gasteiger partial charge is 0.481 e. The SMILES string of the molecule is Cc1cc(CNC(=O)N2CC(C)CC(C(=O)O)C2)n(C)n1. The quantitative estimate of drug-likeness (QED) is 0.870. The van der Waals surface area contributed by atoms with E-state index in [0.717, 1.165) is 11.4 Å². The number of aryl methyl sites for hydroxylation is 2. The summed E-state index contributed by atoms with van der Waals surface area (Å²) in [5, 5.41) is 16.2. The van der Waals surface area contributed by atoms with Crippen LogP contribution < -0.4 is 5.32 Å². The number of piperidine rings is 1. The van der Waals surface area contributed by atoms with Crippen molar-refractivity contribution in [2.45, 2.75) is 26.8 Å². The van der Waals surface area contributed by atoms with Crippen molar-refractivity contribution in [3.05, 3.63) is 17.5 Å². The van der Waals surface area contributed by atoms with E-state index in [0.29, 0.717) is 19.5 Å². The number of likely N-dealkylation sites (tertiary alicyclic amines) is 1. The first-order chi connectivity index (χ1) is 9.86. The van der Waals surface area contributed by atoms with Crippen molar-refractivity contribution in [3.63, 3.8) is 0 Å². The molecular formula is C14H22N4O3. The molecule has 0 saturated carbocycles. The number of hydrogen-bond acceptors (Lipinski definition) is 3. The summed E-state index contributed by atoms with van der Waals surface area (Å²) in [6.07, 6.45) is 0.625. The van der Waals surface area contributed by atoms with Crippen molar-refractivity contribution in [1.82, 2.24) is 20.0 Å². The highest BCUT2D eigenvalue weighted by Crippen LogP contribution is 2.21. The van der Waals surface area contributed by atoms with Crippen LogP contribution in [0.1, 0.15) is 24.7 Å². The van der Waals surface area contributed by atoms with Gasteiger partial charge in [0, 0.05) is 20.1 Å². The number of carbonyl (C=O) groups is 2. The van der Waals surface area contributed by atoms with E-state index in [1.54, 1.807) is 9.58 Å². The normalized spacial score (nSPS) is 22.1. The summed E-state index contributed by atoms with van der Waals surface area (Å²) in [5.74, 6) is -1.11. The number of carboxylic acid groups (broad SMARTS) is 1. The van der Waals surface area contributed by atoms with Crippen LogP contribution in [0, 0.1) is 18.8 Å². The monoisotopic (exact) mass is 294 g/mol. The Morgan fingerprint density at radius 1 is 1.48 bits per heavy atom. The number of hydrogen-bond donors (Lipinski definition) is 2. The Labute approximate surface area is 123 Å². The van der Waals surface area contributed by atoms with Crippen LogP contribution in [0.25, 0.3) is 0 Å². The van der Waals surface area contributed by atoms with Crippen molar-refractivity contribution < 1.29 is 14.7 Å². The van der Waals surface area contributed by atoms with Gasteiger partial charge in [-0.25, -0.2) is 4.79 Å². The van der Waals surface area contributed by atoms with Crippen LogP contribution in [0.5, 0.6) is 0 Å². The zero-order chi connectivity index (χ0) is 15.6. The average molecular weight is 294 g/mol. The van der Waals surface area contributed by atoms with E-state index in [1.165, 1.54) is 0 Å². The Hall–Kier alpha value is -2.05. The number of nitrogens with one attached hydrogen (secondary N) is 1. The zero-order valence-corrected chi connectivity index (χ0v) is 12.7. The van der Waals surface area contributed by atoms with Gasteiger partial charge in [0.05, 0.1) is 23.9 Å². The molecule has 116 valence electrons. The molecule has 1 aliphatic rings. The van der Waals surface area contributed by atoms with Gasteiger partial charge in [0.2, 0.25) is 0 Å². The van der Waals surface area contributed by atoms with E-state index >= 15 is 0 Å². The molecule has 1 aliphatic heterocycles. The van der Waals surface area contributed by atoms with Crippen LogP contribution in [0.15, 0.2) is 6.07 Å². The molecular weight excluding hydrogens is 272 g/mol. The number of urea groups is 1. The highest BCUT2D eigenvalue weighted by Gasteiger charge is 2.31. The van der Waals surface area contributed by atoms with Crippen LogP contribution in [0.4, 0.5) is 4.79 Å². The second kappa shape index (κ2) is 6.15. The molecule has 2 amide bonds. The Morgan fingerprint density at radius 3 is 2.76 bits per heavy atom. The lowest BCUT2D eigenvalue weighted by Gasteiger charge is -2.34. The Kier molecular flexibility index (Phi) is 4.50. The lowest BCUT2D eigenvalue weighted by Crippen LogP contribution is -2.49. The summed E-state index contributed by atoms with van der Waals surface area (Å²) in [4.78, 5) is 24.9. The first-order valence-corrected chi connectivity index (χ1v) is 7.12. The smallest absolute Gasteiger partial charge is 0.317 e. The summed E-state index contributed by atoms with van der Waals surface area (Å²) in [6.45, 7) is 5.13. The molecule has 0 bridgehead atoms. The van der Waals surface area contributed by atoms with Crippen molar-refractivity contribution in [3.8, 4) is 0 Å². The molecule has 0 radical (unpaired) electrons.